The van der Waals surface area contributed by atoms with Crippen molar-refractivity contribution in [3.05, 3.63) is 29.3 Å². The second-order valence-corrected chi connectivity index (χ2v) is 4.21. The third-order valence-electron chi connectivity index (χ3n) is 2.81. The van der Waals surface area contributed by atoms with Crippen LogP contribution in [-0.2, 0) is 11.2 Å². The summed E-state index contributed by atoms with van der Waals surface area (Å²) in [7, 11) is 0. The Morgan fingerprint density at radius 1 is 1.47 bits per heavy atom. The molecule has 1 aromatic carbocycles. The van der Waals surface area contributed by atoms with Crippen LogP contribution in [0.25, 0.3) is 0 Å². The van der Waals surface area contributed by atoms with Crippen LogP contribution < -0.4 is 10.6 Å². The molecule has 17 heavy (non-hydrogen) atoms. The van der Waals surface area contributed by atoms with E-state index in [1.54, 1.807) is 12.1 Å². The number of anilines is 1. The summed E-state index contributed by atoms with van der Waals surface area (Å²) in [5, 5.41) is 5.59. The molecule has 1 heterocycles. The third-order valence-corrected chi connectivity index (χ3v) is 2.81. The van der Waals surface area contributed by atoms with Crippen LogP contribution in [0.4, 0.5) is 5.69 Å². The maximum atomic E-state index is 11.8. The highest BCUT2D eigenvalue weighted by Crippen LogP contribution is 2.23. The van der Waals surface area contributed by atoms with Gasteiger partial charge in [-0.1, -0.05) is 19.4 Å². The fourth-order valence-electron chi connectivity index (χ4n) is 1.84. The van der Waals surface area contributed by atoms with Gasteiger partial charge in [-0.25, -0.2) is 0 Å². The Kier molecular flexibility index (Phi) is 3.42. The summed E-state index contributed by atoms with van der Waals surface area (Å²) in [6, 6.07) is 5.34. The largest absolute Gasteiger partial charge is 0.352 e. The molecule has 0 fully saturated rings. The minimum atomic E-state index is -0.0811. The van der Waals surface area contributed by atoms with Crippen molar-refractivity contribution < 1.29 is 9.59 Å². The van der Waals surface area contributed by atoms with Crippen LogP contribution in [0.15, 0.2) is 18.2 Å². The van der Waals surface area contributed by atoms with Gasteiger partial charge in [-0.2, -0.15) is 0 Å². The molecule has 2 rings (SSSR count). The lowest BCUT2D eigenvalue weighted by Crippen LogP contribution is -2.24. The zero-order valence-corrected chi connectivity index (χ0v) is 9.88. The summed E-state index contributed by atoms with van der Waals surface area (Å²) < 4.78 is 0. The van der Waals surface area contributed by atoms with Gasteiger partial charge in [-0.05, 0) is 24.1 Å². The van der Waals surface area contributed by atoms with Gasteiger partial charge in [-0.3, -0.25) is 9.59 Å². The van der Waals surface area contributed by atoms with E-state index >= 15 is 0 Å². The Bertz CT molecular complexity index is 455. The highest BCUT2D eigenvalue weighted by molar-refractivity contribution is 6.02. The highest BCUT2D eigenvalue weighted by Gasteiger charge is 2.18. The summed E-state index contributed by atoms with van der Waals surface area (Å²) in [5.41, 5.74) is 2.32. The number of fused-ring (bicyclic) bond motifs is 1. The predicted octanol–water partition coefficient (Wildman–Crippen LogP) is 1.71. The van der Waals surface area contributed by atoms with Crippen molar-refractivity contribution in [1.82, 2.24) is 5.32 Å². The van der Waals surface area contributed by atoms with E-state index in [2.05, 4.69) is 17.6 Å². The van der Waals surface area contributed by atoms with Gasteiger partial charge >= 0.3 is 0 Å². The summed E-state index contributed by atoms with van der Waals surface area (Å²) in [6.45, 7) is 2.77. The van der Waals surface area contributed by atoms with Crippen molar-refractivity contribution in [2.75, 3.05) is 11.9 Å². The molecule has 90 valence electrons. The van der Waals surface area contributed by atoms with Crippen molar-refractivity contribution in [2.45, 2.75) is 26.2 Å². The lowest BCUT2D eigenvalue weighted by molar-refractivity contribution is -0.115. The molecule has 4 nitrogen and oxygen atoms in total. The number of hydrogen-bond donors (Lipinski definition) is 2. The minimum Gasteiger partial charge on any atom is -0.352 e. The maximum Gasteiger partial charge on any atom is 0.251 e. The quantitative estimate of drug-likeness (QED) is 0.776. The first-order valence-electron chi connectivity index (χ1n) is 5.91. The molecule has 0 aromatic heterocycles. The first-order chi connectivity index (χ1) is 8.20. The second-order valence-electron chi connectivity index (χ2n) is 4.21. The summed E-state index contributed by atoms with van der Waals surface area (Å²) >= 11 is 0. The van der Waals surface area contributed by atoms with Crippen LogP contribution in [0.3, 0.4) is 0 Å². The van der Waals surface area contributed by atoms with Gasteiger partial charge in [0.05, 0.1) is 6.42 Å². The van der Waals surface area contributed by atoms with E-state index in [9.17, 15) is 9.59 Å². The molecule has 0 saturated heterocycles. The molecule has 2 amide bonds. The van der Waals surface area contributed by atoms with Gasteiger partial charge in [0.2, 0.25) is 5.91 Å². The summed E-state index contributed by atoms with van der Waals surface area (Å²) in [4.78, 5) is 23.0. The Morgan fingerprint density at radius 3 is 3.06 bits per heavy atom. The molecule has 0 radical (unpaired) electrons. The van der Waals surface area contributed by atoms with Crippen molar-refractivity contribution in [3.8, 4) is 0 Å². The Morgan fingerprint density at radius 2 is 2.29 bits per heavy atom. The summed E-state index contributed by atoms with van der Waals surface area (Å²) in [5.74, 6) is -0.0917. The highest BCUT2D eigenvalue weighted by atomic mass is 16.2. The minimum absolute atomic E-state index is 0.0106. The van der Waals surface area contributed by atoms with E-state index < -0.39 is 0 Å². The van der Waals surface area contributed by atoms with Crippen molar-refractivity contribution >= 4 is 17.5 Å². The fraction of sp³-hybridized carbons (Fsp3) is 0.385. The Hall–Kier alpha value is -1.84. The molecule has 0 bridgehead atoms. The standard InChI is InChI=1S/C13H16N2O2/c1-2-3-6-14-13(17)10-5-4-9-8-12(16)15-11(9)7-10/h4-5,7H,2-3,6,8H2,1H3,(H,14,17)(H,15,16). The van der Waals surface area contributed by atoms with Crippen LogP contribution in [0, 0.1) is 0 Å². The molecule has 0 spiro atoms. The number of unbranched alkanes of at least 4 members (excludes halogenated alkanes) is 1. The van der Waals surface area contributed by atoms with Crippen LogP contribution in [0.1, 0.15) is 35.7 Å². The number of rotatable bonds is 4. The third kappa shape index (κ3) is 2.64. The van der Waals surface area contributed by atoms with E-state index in [-0.39, 0.29) is 11.8 Å². The number of hydrogen-bond acceptors (Lipinski definition) is 2. The van der Waals surface area contributed by atoms with Crippen LogP contribution in [0.5, 0.6) is 0 Å². The number of nitrogens with one attached hydrogen (secondary N) is 2. The summed E-state index contributed by atoms with van der Waals surface area (Å²) in [6.07, 6.45) is 2.45. The van der Waals surface area contributed by atoms with E-state index in [0.717, 1.165) is 24.1 Å². The molecule has 0 atom stereocenters. The lowest BCUT2D eigenvalue weighted by Gasteiger charge is -2.06. The van der Waals surface area contributed by atoms with E-state index in [1.165, 1.54) is 0 Å². The van der Waals surface area contributed by atoms with Crippen LogP contribution in [-0.4, -0.2) is 18.4 Å². The van der Waals surface area contributed by atoms with E-state index in [1.807, 2.05) is 6.07 Å². The van der Waals surface area contributed by atoms with E-state index in [0.29, 0.717) is 18.5 Å². The maximum absolute atomic E-state index is 11.8. The molecule has 1 aliphatic rings. The number of benzene rings is 1. The monoisotopic (exact) mass is 232 g/mol. The Labute approximate surface area is 100 Å². The Balaban J connectivity index is 2.05. The molecule has 1 aliphatic heterocycles. The smallest absolute Gasteiger partial charge is 0.251 e. The SMILES string of the molecule is CCCCNC(=O)c1ccc2c(c1)NC(=O)C2. The average Bonchev–Trinajstić information content (AvgIpc) is 2.68. The van der Waals surface area contributed by atoms with Crippen LogP contribution >= 0.6 is 0 Å². The number of carbonyl (C=O) groups excluding carboxylic acids is 2. The predicted molar refractivity (Wildman–Crippen MR) is 66.0 cm³/mol. The number of carbonyl (C=O) groups is 2. The van der Waals surface area contributed by atoms with Gasteiger partial charge in [0.1, 0.15) is 0 Å². The lowest BCUT2D eigenvalue weighted by atomic mass is 10.1. The molecule has 4 heteroatoms. The average molecular weight is 232 g/mol. The molecule has 1 aromatic rings. The zero-order chi connectivity index (χ0) is 12.3. The van der Waals surface area contributed by atoms with Gasteiger partial charge in [0.15, 0.2) is 0 Å². The molecule has 2 N–H and O–H groups in total. The van der Waals surface area contributed by atoms with Crippen molar-refractivity contribution in [1.29, 1.82) is 0 Å². The number of amides is 2. The first-order valence-corrected chi connectivity index (χ1v) is 5.91. The van der Waals surface area contributed by atoms with Crippen molar-refractivity contribution in [3.63, 3.8) is 0 Å². The van der Waals surface area contributed by atoms with Gasteiger partial charge < -0.3 is 10.6 Å². The molecule has 0 aliphatic carbocycles. The van der Waals surface area contributed by atoms with Crippen molar-refractivity contribution in [2.24, 2.45) is 0 Å². The molecule has 0 unspecified atom stereocenters. The second kappa shape index (κ2) is 4.99. The van der Waals surface area contributed by atoms with Gasteiger partial charge in [0.25, 0.3) is 5.91 Å². The first kappa shape index (κ1) is 11.6. The van der Waals surface area contributed by atoms with Gasteiger partial charge in [0, 0.05) is 17.8 Å². The molecular weight excluding hydrogens is 216 g/mol. The topological polar surface area (TPSA) is 58.2 Å². The normalized spacial score (nSPS) is 13.1. The van der Waals surface area contributed by atoms with Gasteiger partial charge in [-0.15, -0.1) is 0 Å². The molecule has 0 saturated carbocycles. The van der Waals surface area contributed by atoms with Crippen LogP contribution in [0.2, 0.25) is 0 Å². The van der Waals surface area contributed by atoms with E-state index in [4.69, 9.17) is 0 Å². The fourth-order valence-corrected chi connectivity index (χ4v) is 1.84. The zero-order valence-electron chi connectivity index (χ0n) is 9.88. The molecular formula is C13H16N2O2.